The molecule has 0 bridgehead atoms. The fourth-order valence-corrected chi connectivity index (χ4v) is 2.14. The maximum Gasteiger partial charge on any atom is 0.269 e. The van der Waals surface area contributed by atoms with E-state index in [1.807, 2.05) is 18.2 Å². The summed E-state index contributed by atoms with van der Waals surface area (Å²) in [6, 6.07) is 12.2. The summed E-state index contributed by atoms with van der Waals surface area (Å²) < 4.78 is 10.6. The third kappa shape index (κ3) is 3.22. The molecule has 0 saturated heterocycles. The number of nitro groups is 1. The Bertz CT molecular complexity index is 711. The number of rotatable bonds is 5. The SMILES string of the molecule is O=[N+]([O-])c1ccc(CCN=Cc2ccc3c(c2)OCO3)cc1. The van der Waals surface area contributed by atoms with Gasteiger partial charge in [0.2, 0.25) is 6.79 Å². The topological polar surface area (TPSA) is 74.0 Å². The molecule has 1 aliphatic rings. The fraction of sp³-hybridized carbons (Fsp3) is 0.188. The van der Waals surface area contributed by atoms with Crippen molar-refractivity contribution in [3.8, 4) is 11.5 Å². The van der Waals surface area contributed by atoms with Crippen molar-refractivity contribution in [2.24, 2.45) is 4.99 Å². The van der Waals surface area contributed by atoms with Crippen LogP contribution in [-0.2, 0) is 6.42 Å². The quantitative estimate of drug-likeness (QED) is 0.483. The maximum absolute atomic E-state index is 10.6. The predicted molar refractivity (Wildman–Crippen MR) is 81.8 cm³/mol. The molecule has 0 atom stereocenters. The highest BCUT2D eigenvalue weighted by Gasteiger charge is 2.12. The van der Waals surface area contributed by atoms with Crippen LogP contribution in [0, 0.1) is 10.1 Å². The van der Waals surface area contributed by atoms with Crippen LogP contribution >= 0.6 is 0 Å². The normalized spacial score (nSPS) is 12.7. The van der Waals surface area contributed by atoms with Gasteiger partial charge in [0, 0.05) is 24.9 Å². The van der Waals surface area contributed by atoms with Gasteiger partial charge in [-0.2, -0.15) is 0 Å². The van der Waals surface area contributed by atoms with Crippen molar-refractivity contribution in [2.45, 2.75) is 6.42 Å². The Morgan fingerprint density at radius 1 is 1.14 bits per heavy atom. The van der Waals surface area contributed by atoms with Gasteiger partial charge in [0.05, 0.1) is 4.92 Å². The highest BCUT2D eigenvalue weighted by molar-refractivity contribution is 5.81. The molecule has 1 aliphatic heterocycles. The molecule has 0 amide bonds. The lowest BCUT2D eigenvalue weighted by molar-refractivity contribution is -0.384. The Labute approximate surface area is 127 Å². The zero-order valence-electron chi connectivity index (χ0n) is 11.8. The van der Waals surface area contributed by atoms with Gasteiger partial charge in [0.15, 0.2) is 11.5 Å². The number of benzene rings is 2. The first-order valence-electron chi connectivity index (χ1n) is 6.85. The summed E-state index contributed by atoms with van der Waals surface area (Å²) in [5.74, 6) is 1.49. The molecule has 6 heteroatoms. The van der Waals surface area contributed by atoms with Crippen LogP contribution in [-0.4, -0.2) is 24.5 Å². The van der Waals surface area contributed by atoms with Gasteiger partial charge in [-0.25, -0.2) is 0 Å². The Balaban J connectivity index is 1.55. The average molecular weight is 298 g/mol. The van der Waals surface area contributed by atoms with Gasteiger partial charge in [-0.3, -0.25) is 15.1 Å². The van der Waals surface area contributed by atoms with Gasteiger partial charge < -0.3 is 9.47 Å². The van der Waals surface area contributed by atoms with Crippen molar-refractivity contribution in [1.29, 1.82) is 0 Å². The lowest BCUT2D eigenvalue weighted by atomic mass is 10.1. The maximum atomic E-state index is 10.6. The first-order chi connectivity index (χ1) is 10.7. The van der Waals surface area contributed by atoms with Gasteiger partial charge >= 0.3 is 0 Å². The second-order valence-corrected chi connectivity index (χ2v) is 4.82. The van der Waals surface area contributed by atoms with Gasteiger partial charge in [-0.1, -0.05) is 12.1 Å². The number of non-ortho nitro benzene ring substituents is 1. The molecule has 22 heavy (non-hydrogen) atoms. The van der Waals surface area contributed by atoms with Gasteiger partial charge in [0.25, 0.3) is 5.69 Å². The van der Waals surface area contributed by atoms with E-state index < -0.39 is 4.92 Å². The summed E-state index contributed by atoms with van der Waals surface area (Å²) in [7, 11) is 0. The zero-order chi connectivity index (χ0) is 15.4. The molecule has 6 nitrogen and oxygen atoms in total. The number of hydrogen-bond acceptors (Lipinski definition) is 5. The van der Waals surface area contributed by atoms with Crippen molar-refractivity contribution in [2.75, 3.05) is 13.3 Å². The Kier molecular flexibility index (Phi) is 4.00. The fourth-order valence-electron chi connectivity index (χ4n) is 2.14. The molecule has 2 aromatic rings. The molecular formula is C16H14N2O4. The van der Waals surface area contributed by atoms with Gasteiger partial charge in [0.1, 0.15) is 0 Å². The highest BCUT2D eigenvalue weighted by atomic mass is 16.7. The number of fused-ring (bicyclic) bond motifs is 1. The molecule has 0 unspecified atom stereocenters. The van der Waals surface area contributed by atoms with E-state index in [4.69, 9.17) is 9.47 Å². The van der Waals surface area contributed by atoms with E-state index in [-0.39, 0.29) is 12.5 Å². The van der Waals surface area contributed by atoms with Crippen molar-refractivity contribution in [1.82, 2.24) is 0 Å². The van der Waals surface area contributed by atoms with E-state index >= 15 is 0 Å². The zero-order valence-corrected chi connectivity index (χ0v) is 11.8. The molecular weight excluding hydrogens is 284 g/mol. The van der Waals surface area contributed by atoms with Crippen molar-refractivity contribution < 1.29 is 14.4 Å². The molecule has 0 saturated carbocycles. The standard InChI is InChI=1S/C16H14N2O4/c19-18(20)14-4-1-12(2-5-14)7-8-17-10-13-3-6-15-16(9-13)22-11-21-15/h1-6,9-10H,7-8,11H2. The van der Waals surface area contributed by atoms with Crippen molar-refractivity contribution in [3.63, 3.8) is 0 Å². The van der Waals surface area contributed by atoms with Crippen LogP contribution in [0.1, 0.15) is 11.1 Å². The molecule has 0 spiro atoms. The Morgan fingerprint density at radius 2 is 1.91 bits per heavy atom. The molecule has 0 aliphatic carbocycles. The third-order valence-corrected chi connectivity index (χ3v) is 3.31. The number of hydrogen-bond donors (Lipinski definition) is 0. The number of ether oxygens (including phenoxy) is 2. The van der Waals surface area contributed by atoms with E-state index in [0.717, 1.165) is 29.0 Å². The van der Waals surface area contributed by atoms with E-state index in [2.05, 4.69) is 4.99 Å². The molecule has 0 radical (unpaired) electrons. The lowest BCUT2D eigenvalue weighted by Crippen LogP contribution is -1.93. The number of aliphatic imine (C=N–C) groups is 1. The van der Waals surface area contributed by atoms with Gasteiger partial charge in [-0.15, -0.1) is 0 Å². The summed E-state index contributed by atoms with van der Waals surface area (Å²) in [6.45, 7) is 0.877. The summed E-state index contributed by atoms with van der Waals surface area (Å²) >= 11 is 0. The van der Waals surface area contributed by atoms with Crippen LogP contribution in [0.15, 0.2) is 47.5 Å². The molecule has 3 rings (SSSR count). The molecule has 0 N–H and O–H groups in total. The minimum absolute atomic E-state index is 0.104. The minimum atomic E-state index is -0.401. The third-order valence-electron chi connectivity index (χ3n) is 3.31. The van der Waals surface area contributed by atoms with Crippen LogP contribution in [0.4, 0.5) is 5.69 Å². The summed E-state index contributed by atoms with van der Waals surface area (Å²) in [5, 5.41) is 10.6. The van der Waals surface area contributed by atoms with E-state index in [1.54, 1.807) is 18.3 Å². The van der Waals surface area contributed by atoms with E-state index in [1.165, 1.54) is 12.1 Å². The number of nitrogens with zero attached hydrogens (tertiary/aromatic N) is 2. The molecule has 112 valence electrons. The van der Waals surface area contributed by atoms with Crippen molar-refractivity contribution >= 4 is 11.9 Å². The second-order valence-electron chi connectivity index (χ2n) is 4.82. The highest BCUT2D eigenvalue weighted by Crippen LogP contribution is 2.31. The van der Waals surface area contributed by atoms with E-state index in [9.17, 15) is 10.1 Å². The molecule has 2 aromatic carbocycles. The Hall–Kier alpha value is -2.89. The molecule has 1 heterocycles. The van der Waals surface area contributed by atoms with Crippen LogP contribution in [0.25, 0.3) is 0 Å². The van der Waals surface area contributed by atoms with Crippen LogP contribution in [0.5, 0.6) is 11.5 Å². The predicted octanol–water partition coefficient (Wildman–Crippen LogP) is 2.99. The van der Waals surface area contributed by atoms with Crippen LogP contribution in [0.2, 0.25) is 0 Å². The van der Waals surface area contributed by atoms with E-state index in [0.29, 0.717) is 6.54 Å². The Morgan fingerprint density at radius 3 is 2.68 bits per heavy atom. The first-order valence-corrected chi connectivity index (χ1v) is 6.85. The van der Waals surface area contributed by atoms with Gasteiger partial charge in [-0.05, 0) is 35.7 Å². The monoisotopic (exact) mass is 298 g/mol. The van der Waals surface area contributed by atoms with Crippen LogP contribution < -0.4 is 9.47 Å². The summed E-state index contributed by atoms with van der Waals surface area (Å²) in [4.78, 5) is 14.5. The number of nitro benzene ring substituents is 1. The largest absolute Gasteiger partial charge is 0.454 e. The summed E-state index contributed by atoms with van der Waals surface area (Å²) in [5.41, 5.74) is 2.08. The molecule has 0 fully saturated rings. The smallest absolute Gasteiger partial charge is 0.269 e. The van der Waals surface area contributed by atoms with Crippen LogP contribution in [0.3, 0.4) is 0 Å². The van der Waals surface area contributed by atoms with Crippen molar-refractivity contribution in [3.05, 3.63) is 63.7 Å². The lowest BCUT2D eigenvalue weighted by Gasteiger charge is -1.99. The first kappa shape index (κ1) is 14.1. The summed E-state index contributed by atoms with van der Waals surface area (Å²) in [6.07, 6.45) is 2.52. The molecule has 0 aromatic heterocycles. The second kappa shape index (κ2) is 6.26. The minimum Gasteiger partial charge on any atom is -0.454 e. The average Bonchev–Trinajstić information content (AvgIpc) is 2.99.